The predicted molar refractivity (Wildman–Crippen MR) is 124 cm³/mol. The fourth-order valence-corrected chi connectivity index (χ4v) is 4.64. The van der Waals surface area contributed by atoms with Crippen molar-refractivity contribution in [2.75, 3.05) is 13.7 Å². The van der Waals surface area contributed by atoms with Crippen LogP contribution in [0, 0.1) is 0 Å². The number of carbonyl (C=O) groups is 1. The van der Waals surface area contributed by atoms with Gasteiger partial charge in [0.25, 0.3) is 5.56 Å². The summed E-state index contributed by atoms with van der Waals surface area (Å²) in [7, 11) is 1.61. The second-order valence-electron chi connectivity index (χ2n) is 7.15. The summed E-state index contributed by atoms with van der Waals surface area (Å²) in [5.74, 6) is 0.232. The number of ether oxygens (including phenoxy) is 2. The molecule has 1 atom stereocenters. The van der Waals surface area contributed by atoms with Gasteiger partial charge in [0, 0.05) is 0 Å². The van der Waals surface area contributed by atoms with Crippen LogP contribution in [0.4, 0.5) is 0 Å². The molecule has 4 rings (SSSR count). The molecule has 0 amide bonds. The zero-order valence-corrected chi connectivity index (χ0v) is 18.6. The minimum atomic E-state index is -0.622. The lowest BCUT2D eigenvalue weighted by Gasteiger charge is -2.24. The fraction of sp³-hybridized carbons (Fsp3) is 0.160. The number of methoxy groups -OCH3 is 1. The highest BCUT2D eigenvalue weighted by Gasteiger charge is 2.33. The highest BCUT2D eigenvalue weighted by molar-refractivity contribution is 7.07. The average molecular weight is 447 g/mol. The van der Waals surface area contributed by atoms with Crippen molar-refractivity contribution in [2.24, 2.45) is 4.99 Å². The van der Waals surface area contributed by atoms with E-state index in [1.165, 1.54) is 17.4 Å². The van der Waals surface area contributed by atoms with Crippen molar-refractivity contribution in [3.8, 4) is 5.75 Å². The van der Waals surface area contributed by atoms with Gasteiger partial charge >= 0.3 is 5.97 Å². The molecule has 32 heavy (non-hydrogen) atoms. The zero-order chi connectivity index (χ0) is 22.7. The normalized spacial score (nSPS) is 15.7. The molecule has 0 N–H and O–H groups in total. The number of hydrogen-bond acceptors (Lipinski definition) is 6. The van der Waals surface area contributed by atoms with Crippen molar-refractivity contribution in [1.29, 1.82) is 0 Å². The van der Waals surface area contributed by atoms with E-state index >= 15 is 0 Å². The van der Waals surface area contributed by atoms with Crippen LogP contribution in [0.25, 0.3) is 6.08 Å². The molecule has 0 saturated heterocycles. The first-order valence-electron chi connectivity index (χ1n) is 10.0. The standard InChI is InChI=1S/C25H22N2O4S/c1-4-14-31-24(29)21-16(2)26-25-27(22(21)18-8-6-5-7-9-18)23(28)20(32-25)15-17-10-12-19(30-3)13-11-17/h4-13,15,22H,1,14H2,2-3H3/b20-15+/t22-/m1/s1. The first kappa shape index (κ1) is 21.5. The second-order valence-corrected chi connectivity index (χ2v) is 8.16. The molecule has 1 aromatic heterocycles. The van der Waals surface area contributed by atoms with Gasteiger partial charge in [-0.1, -0.05) is 66.5 Å². The van der Waals surface area contributed by atoms with Crippen LogP contribution in [-0.4, -0.2) is 24.3 Å². The van der Waals surface area contributed by atoms with Gasteiger partial charge in [-0.05, 0) is 36.3 Å². The van der Waals surface area contributed by atoms with E-state index in [1.54, 1.807) is 18.6 Å². The average Bonchev–Trinajstić information content (AvgIpc) is 3.12. The zero-order valence-electron chi connectivity index (χ0n) is 17.8. The Hall–Kier alpha value is -3.71. The van der Waals surface area contributed by atoms with Gasteiger partial charge in [0.1, 0.15) is 12.4 Å². The lowest BCUT2D eigenvalue weighted by Crippen LogP contribution is -2.39. The van der Waals surface area contributed by atoms with E-state index < -0.39 is 12.0 Å². The Morgan fingerprint density at radius 3 is 2.56 bits per heavy atom. The van der Waals surface area contributed by atoms with Gasteiger partial charge in [0.05, 0.1) is 29.0 Å². The lowest BCUT2D eigenvalue weighted by molar-refractivity contribution is -0.138. The molecule has 0 unspecified atom stereocenters. The van der Waals surface area contributed by atoms with Crippen LogP contribution in [0.3, 0.4) is 0 Å². The summed E-state index contributed by atoms with van der Waals surface area (Å²) in [5, 5.41) is 0. The number of fused-ring (bicyclic) bond motifs is 1. The number of hydrogen-bond donors (Lipinski definition) is 0. The van der Waals surface area contributed by atoms with Crippen molar-refractivity contribution in [3.63, 3.8) is 0 Å². The third kappa shape index (κ3) is 4.07. The minimum absolute atomic E-state index is 0.0824. The maximum Gasteiger partial charge on any atom is 0.338 e. The minimum Gasteiger partial charge on any atom is -0.497 e. The van der Waals surface area contributed by atoms with E-state index in [-0.39, 0.29) is 12.2 Å². The summed E-state index contributed by atoms with van der Waals surface area (Å²) in [6.45, 7) is 5.44. The van der Waals surface area contributed by atoms with Gasteiger partial charge in [-0.3, -0.25) is 9.36 Å². The molecule has 0 fully saturated rings. The Morgan fingerprint density at radius 1 is 1.19 bits per heavy atom. The molecule has 2 heterocycles. The summed E-state index contributed by atoms with van der Waals surface area (Å²) < 4.78 is 12.6. The highest BCUT2D eigenvalue weighted by atomic mass is 32.1. The van der Waals surface area contributed by atoms with Crippen LogP contribution < -0.4 is 19.6 Å². The van der Waals surface area contributed by atoms with Crippen LogP contribution in [0.15, 0.2) is 88.3 Å². The first-order valence-corrected chi connectivity index (χ1v) is 10.8. The summed E-state index contributed by atoms with van der Waals surface area (Å²) >= 11 is 1.30. The smallest absolute Gasteiger partial charge is 0.338 e. The molecule has 1 aliphatic heterocycles. The maximum atomic E-state index is 13.5. The molecular formula is C25H22N2O4S. The lowest BCUT2D eigenvalue weighted by atomic mass is 9.96. The molecule has 6 nitrogen and oxygen atoms in total. The first-order chi connectivity index (χ1) is 15.5. The summed E-state index contributed by atoms with van der Waals surface area (Å²) in [5.41, 5.74) is 2.35. The van der Waals surface area contributed by atoms with Crippen LogP contribution in [0.5, 0.6) is 5.75 Å². The number of rotatable bonds is 6. The van der Waals surface area contributed by atoms with Crippen LogP contribution >= 0.6 is 11.3 Å². The van der Waals surface area contributed by atoms with Gasteiger partial charge in [-0.2, -0.15) is 0 Å². The molecule has 162 valence electrons. The Bertz CT molecular complexity index is 1370. The number of allylic oxidation sites excluding steroid dienone is 1. The van der Waals surface area contributed by atoms with Gasteiger partial charge in [-0.25, -0.2) is 9.79 Å². The van der Waals surface area contributed by atoms with Crippen molar-refractivity contribution in [2.45, 2.75) is 13.0 Å². The molecule has 7 heteroatoms. The Balaban J connectivity index is 1.89. The van der Waals surface area contributed by atoms with E-state index in [0.29, 0.717) is 20.6 Å². The van der Waals surface area contributed by atoms with Gasteiger partial charge in [-0.15, -0.1) is 0 Å². The number of benzene rings is 2. The van der Waals surface area contributed by atoms with E-state index in [0.717, 1.165) is 16.9 Å². The third-order valence-electron chi connectivity index (χ3n) is 5.10. The summed E-state index contributed by atoms with van der Waals surface area (Å²) in [4.78, 5) is 31.5. The number of thiazole rings is 1. The number of aromatic nitrogens is 1. The quantitative estimate of drug-likeness (QED) is 0.431. The highest BCUT2D eigenvalue weighted by Crippen LogP contribution is 2.30. The van der Waals surface area contributed by atoms with Gasteiger partial charge in [0.2, 0.25) is 0 Å². The van der Waals surface area contributed by atoms with Crippen LogP contribution in [0.1, 0.15) is 24.1 Å². The van der Waals surface area contributed by atoms with E-state index in [1.807, 2.05) is 60.7 Å². The Labute approximate surface area is 189 Å². The summed E-state index contributed by atoms with van der Waals surface area (Å²) in [6, 6.07) is 16.3. The molecule has 0 spiro atoms. The van der Waals surface area contributed by atoms with E-state index in [4.69, 9.17) is 9.47 Å². The Morgan fingerprint density at radius 2 is 1.91 bits per heavy atom. The van der Waals surface area contributed by atoms with Gasteiger partial charge < -0.3 is 9.47 Å². The maximum absolute atomic E-state index is 13.5. The molecule has 0 saturated carbocycles. The second kappa shape index (κ2) is 9.20. The monoisotopic (exact) mass is 446 g/mol. The predicted octanol–water partition coefficient (Wildman–Crippen LogP) is 2.97. The molecule has 0 bridgehead atoms. The third-order valence-corrected chi connectivity index (χ3v) is 6.09. The van der Waals surface area contributed by atoms with E-state index in [9.17, 15) is 9.59 Å². The topological polar surface area (TPSA) is 69.9 Å². The molecule has 2 aromatic carbocycles. The molecular weight excluding hydrogens is 424 g/mol. The molecule has 3 aromatic rings. The number of esters is 1. The van der Waals surface area contributed by atoms with Crippen LogP contribution in [0.2, 0.25) is 0 Å². The largest absolute Gasteiger partial charge is 0.497 e. The van der Waals surface area contributed by atoms with E-state index in [2.05, 4.69) is 11.6 Å². The molecule has 0 radical (unpaired) electrons. The van der Waals surface area contributed by atoms with Crippen molar-refractivity contribution in [3.05, 3.63) is 109 Å². The SMILES string of the molecule is C=CCOC(=O)C1=C(C)N=c2s/c(=C/c3ccc(OC)cc3)c(=O)n2[C@@H]1c1ccccc1. The van der Waals surface area contributed by atoms with Crippen molar-refractivity contribution >= 4 is 23.4 Å². The number of nitrogens with zero attached hydrogens (tertiary/aromatic N) is 2. The van der Waals surface area contributed by atoms with Crippen molar-refractivity contribution in [1.82, 2.24) is 4.57 Å². The van der Waals surface area contributed by atoms with Gasteiger partial charge in [0.15, 0.2) is 4.80 Å². The van der Waals surface area contributed by atoms with Crippen LogP contribution in [-0.2, 0) is 9.53 Å². The summed E-state index contributed by atoms with van der Waals surface area (Å²) in [6.07, 6.45) is 3.33. The molecule has 0 aliphatic carbocycles. The van der Waals surface area contributed by atoms with Crippen molar-refractivity contribution < 1.29 is 14.3 Å². The fourth-order valence-electron chi connectivity index (χ4n) is 3.60. The Kier molecular flexibility index (Phi) is 6.18. The molecule has 1 aliphatic rings. The number of carbonyl (C=O) groups excluding carboxylic acids is 1.